The van der Waals surface area contributed by atoms with E-state index < -0.39 is 0 Å². The third kappa shape index (κ3) is 5.07. The van der Waals surface area contributed by atoms with Crippen molar-refractivity contribution in [2.24, 2.45) is 0 Å². The second kappa shape index (κ2) is 9.80. The van der Waals surface area contributed by atoms with Crippen LogP contribution < -0.4 is 10.3 Å². The van der Waals surface area contributed by atoms with Gasteiger partial charge in [0.2, 0.25) is 5.91 Å². The highest BCUT2D eigenvalue weighted by Gasteiger charge is 2.15. The first-order chi connectivity index (χ1) is 15.5. The number of amides is 1. The van der Waals surface area contributed by atoms with Gasteiger partial charge in [-0.2, -0.15) is 0 Å². The van der Waals surface area contributed by atoms with Crippen molar-refractivity contribution in [3.8, 4) is 5.75 Å². The van der Waals surface area contributed by atoms with Gasteiger partial charge in [-0.05, 0) is 42.0 Å². The lowest BCUT2D eigenvalue weighted by Gasteiger charge is -2.21. The maximum Gasteiger partial charge on any atom is 0.258 e. The van der Waals surface area contributed by atoms with Gasteiger partial charge in [0.25, 0.3) is 5.56 Å². The highest BCUT2D eigenvalue weighted by atomic mass is 35.5. The van der Waals surface area contributed by atoms with Crippen LogP contribution in [0.5, 0.6) is 5.75 Å². The Morgan fingerprint density at radius 1 is 1.31 bits per heavy atom. The normalized spacial score (nSPS) is 13.0. The molecule has 0 saturated heterocycles. The van der Waals surface area contributed by atoms with Crippen molar-refractivity contribution in [3.63, 3.8) is 0 Å². The van der Waals surface area contributed by atoms with Crippen LogP contribution in [0.2, 0.25) is 5.02 Å². The number of hydrogen-bond acceptors (Lipinski definition) is 5. The lowest BCUT2D eigenvalue weighted by atomic mass is 10.1. The van der Waals surface area contributed by atoms with Crippen molar-refractivity contribution in [2.45, 2.75) is 6.54 Å². The predicted octanol–water partition coefficient (Wildman–Crippen LogP) is 3.58. The molecule has 164 valence electrons. The molecule has 2 heterocycles. The fourth-order valence-corrected chi connectivity index (χ4v) is 3.59. The number of benzene rings is 2. The Morgan fingerprint density at radius 2 is 2.16 bits per heavy atom. The number of para-hydroxylation sites is 1. The first-order valence-corrected chi connectivity index (χ1v) is 10.5. The van der Waals surface area contributed by atoms with Crippen molar-refractivity contribution in [2.75, 3.05) is 26.9 Å². The minimum Gasteiger partial charge on any atom is -0.488 e. The predicted molar refractivity (Wildman–Crippen MR) is 124 cm³/mol. The summed E-state index contributed by atoms with van der Waals surface area (Å²) in [6, 6.07) is 12.5. The molecule has 1 amide bonds. The average molecular weight is 452 g/mol. The summed E-state index contributed by atoms with van der Waals surface area (Å²) in [5.74, 6) is 0.942. The number of carbonyl (C=O) groups excluding carboxylic acids is 1. The Balaban J connectivity index is 1.53. The number of halogens is 1. The number of aromatic amines is 1. The van der Waals surface area contributed by atoms with Crippen LogP contribution in [0.1, 0.15) is 11.4 Å². The summed E-state index contributed by atoms with van der Waals surface area (Å²) in [4.78, 5) is 34.1. The van der Waals surface area contributed by atoms with Crippen LogP contribution in [0, 0.1) is 0 Å². The van der Waals surface area contributed by atoms with Crippen molar-refractivity contribution in [3.05, 3.63) is 87.0 Å². The number of ether oxygens (including phenoxy) is 2. The van der Waals surface area contributed by atoms with Gasteiger partial charge in [-0.15, -0.1) is 0 Å². The molecule has 8 heteroatoms. The zero-order valence-corrected chi connectivity index (χ0v) is 18.3. The molecule has 1 N–H and O–H groups in total. The Hall–Kier alpha value is -3.42. The van der Waals surface area contributed by atoms with Gasteiger partial charge in [-0.3, -0.25) is 9.59 Å². The van der Waals surface area contributed by atoms with Crippen LogP contribution in [-0.2, 0) is 16.1 Å². The van der Waals surface area contributed by atoms with Crippen LogP contribution in [0.25, 0.3) is 17.0 Å². The van der Waals surface area contributed by atoms with E-state index in [2.05, 4.69) is 9.97 Å². The lowest BCUT2D eigenvalue weighted by molar-refractivity contribution is -0.127. The van der Waals surface area contributed by atoms with E-state index in [1.54, 1.807) is 42.4 Å². The van der Waals surface area contributed by atoms with E-state index in [4.69, 9.17) is 21.1 Å². The summed E-state index contributed by atoms with van der Waals surface area (Å²) in [5, 5.41) is 1.13. The summed E-state index contributed by atoms with van der Waals surface area (Å²) in [6.45, 7) is 1.22. The van der Waals surface area contributed by atoms with Gasteiger partial charge in [0.15, 0.2) is 0 Å². The maximum absolute atomic E-state index is 12.9. The molecule has 7 nitrogen and oxygen atoms in total. The third-order valence-corrected chi connectivity index (χ3v) is 5.26. The monoisotopic (exact) mass is 451 g/mol. The largest absolute Gasteiger partial charge is 0.488 e. The van der Waals surface area contributed by atoms with E-state index in [0.717, 1.165) is 16.9 Å². The molecule has 4 rings (SSSR count). The van der Waals surface area contributed by atoms with Crippen molar-refractivity contribution < 1.29 is 14.3 Å². The van der Waals surface area contributed by atoms with E-state index in [-0.39, 0.29) is 18.0 Å². The van der Waals surface area contributed by atoms with Gasteiger partial charge in [0.1, 0.15) is 18.2 Å². The number of nitrogens with one attached hydrogen (secondary N) is 1. The number of methoxy groups -OCH3 is 1. The molecule has 0 fully saturated rings. The maximum atomic E-state index is 12.9. The molecule has 0 aliphatic carbocycles. The zero-order chi connectivity index (χ0) is 22.5. The molecule has 0 saturated carbocycles. The first kappa shape index (κ1) is 21.8. The molecule has 32 heavy (non-hydrogen) atoms. The molecule has 2 aromatic carbocycles. The van der Waals surface area contributed by atoms with Gasteiger partial charge in [-0.25, -0.2) is 4.98 Å². The van der Waals surface area contributed by atoms with E-state index in [1.807, 2.05) is 24.3 Å². The summed E-state index contributed by atoms with van der Waals surface area (Å²) >= 11 is 6.06. The Labute approximate surface area is 189 Å². The lowest BCUT2D eigenvalue weighted by Crippen LogP contribution is -2.33. The molecule has 1 aliphatic heterocycles. The molecule has 1 aliphatic rings. The van der Waals surface area contributed by atoms with Gasteiger partial charge < -0.3 is 19.4 Å². The van der Waals surface area contributed by atoms with E-state index in [9.17, 15) is 9.59 Å². The number of fused-ring (bicyclic) bond motifs is 2. The third-order valence-electron chi connectivity index (χ3n) is 5.03. The van der Waals surface area contributed by atoms with Crippen LogP contribution in [0.15, 0.2) is 65.0 Å². The smallest absolute Gasteiger partial charge is 0.258 e. The molecule has 0 unspecified atom stereocenters. The van der Waals surface area contributed by atoms with Crippen LogP contribution in [-0.4, -0.2) is 47.6 Å². The topological polar surface area (TPSA) is 84.5 Å². The highest BCUT2D eigenvalue weighted by molar-refractivity contribution is 6.30. The Bertz CT molecular complexity index is 1270. The van der Waals surface area contributed by atoms with Gasteiger partial charge in [-0.1, -0.05) is 29.8 Å². The highest BCUT2D eigenvalue weighted by Crippen LogP contribution is 2.29. The molecule has 0 bridgehead atoms. The molecule has 1 aromatic heterocycles. The summed E-state index contributed by atoms with van der Waals surface area (Å²) in [5.41, 5.74) is 2.06. The molecule has 0 atom stereocenters. The van der Waals surface area contributed by atoms with Gasteiger partial charge >= 0.3 is 0 Å². The van der Waals surface area contributed by atoms with Crippen LogP contribution in [0.3, 0.4) is 0 Å². The van der Waals surface area contributed by atoms with E-state index >= 15 is 0 Å². The molecular formula is C24H22ClN3O4. The first-order valence-electron chi connectivity index (χ1n) is 10.1. The SMILES string of the molecule is COCCN(Cc1nc2ccccc2c(=O)[nH]1)C(=O)/C=C/C1=Cc2cc(Cl)ccc2OC1. The molecular weight excluding hydrogens is 430 g/mol. The Morgan fingerprint density at radius 3 is 3.00 bits per heavy atom. The number of hydrogen-bond donors (Lipinski definition) is 1. The second-order valence-corrected chi connectivity index (χ2v) is 7.74. The average Bonchev–Trinajstić information content (AvgIpc) is 2.80. The number of nitrogens with zero attached hydrogens (tertiary/aromatic N) is 2. The minimum atomic E-state index is -0.234. The summed E-state index contributed by atoms with van der Waals surface area (Å²) < 4.78 is 10.9. The van der Waals surface area contributed by atoms with Crippen molar-refractivity contribution in [1.82, 2.24) is 14.9 Å². The molecule has 0 radical (unpaired) electrons. The quantitative estimate of drug-likeness (QED) is 0.555. The zero-order valence-electron chi connectivity index (χ0n) is 17.5. The second-order valence-electron chi connectivity index (χ2n) is 7.31. The Kier molecular flexibility index (Phi) is 6.68. The van der Waals surface area contributed by atoms with Crippen LogP contribution in [0.4, 0.5) is 0 Å². The summed E-state index contributed by atoms with van der Waals surface area (Å²) in [7, 11) is 1.57. The number of rotatable bonds is 7. The van der Waals surface area contributed by atoms with Gasteiger partial charge in [0, 0.05) is 30.3 Å². The minimum absolute atomic E-state index is 0.153. The van der Waals surface area contributed by atoms with E-state index in [0.29, 0.717) is 41.5 Å². The van der Waals surface area contributed by atoms with Crippen molar-refractivity contribution >= 4 is 34.5 Å². The van der Waals surface area contributed by atoms with Crippen molar-refractivity contribution in [1.29, 1.82) is 0 Å². The number of carbonyl (C=O) groups is 1. The number of aromatic nitrogens is 2. The fourth-order valence-electron chi connectivity index (χ4n) is 3.41. The van der Waals surface area contributed by atoms with Gasteiger partial charge in [0.05, 0.1) is 24.1 Å². The van der Waals surface area contributed by atoms with E-state index in [1.165, 1.54) is 6.08 Å². The summed E-state index contributed by atoms with van der Waals surface area (Å²) in [6.07, 6.45) is 5.15. The molecule has 3 aromatic rings. The number of H-pyrrole nitrogens is 1. The molecule has 0 spiro atoms. The fraction of sp³-hybridized carbons (Fsp3) is 0.208. The standard InChI is InChI=1S/C24H22ClN3O4/c1-31-11-10-28(14-22-26-20-5-3-2-4-19(20)24(30)27-22)23(29)9-6-16-12-17-13-18(25)7-8-21(17)32-15-16/h2-9,12-13H,10-11,14-15H2,1H3,(H,26,27,30)/b9-6+. The van der Waals surface area contributed by atoms with Crippen LogP contribution >= 0.6 is 11.6 Å².